The number of amides is 1. The molecule has 134 valence electrons. The van der Waals surface area contributed by atoms with Crippen molar-refractivity contribution in [2.75, 3.05) is 38.3 Å². The van der Waals surface area contributed by atoms with E-state index >= 15 is 0 Å². The molecule has 24 heavy (non-hydrogen) atoms. The van der Waals surface area contributed by atoms with E-state index in [-0.39, 0.29) is 30.5 Å². The van der Waals surface area contributed by atoms with Crippen molar-refractivity contribution in [3.8, 4) is 5.75 Å². The third kappa shape index (κ3) is 5.94. The molecular weight excluding hydrogens is 332 g/mol. The molecule has 0 saturated carbocycles. The molecule has 2 aliphatic rings. The number of carbonyl (C=O) groups excluding carboxylic acids is 1. The number of anilines is 1. The van der Waals surface area contributed by atoms with Gasteiger partial charge >= 0.3 is 0 Å². The number of carbonyl (C=O) groups is 1. The lowest BCUT2D eigenvalue weighted by molar-refractivity contribution is -0.117. The fourth-order valence-electron chi connectivity index (χ4n) is 2.79. The molecule has 7 heteroatoms. The number of nitrogens with one attached hydrogen (secondary N) is 2. The Hall–Kier alpha value is -1.34. The van der Waals surface area contributed by atoms with E-state index in [0.29, 0.717) is 26.2 Å². The lowest BCUT2D eigenvalue weighted by Gasteiger charge is -2.23. The summed E-state index contributed by atoms with van der Waals surface area (Å²) < 4.78 is 16.6. The monoisotopic (exact) mass is 356 g/mol. The minimum absolute atomic E-state index is 0. The van der Waals surface area contributed by atoms with Gasteiger partial charge in [0.15, 0.2) is 0 Å². The van der Waals surface area contributed by atoms with Gasteiger partial charge in [-0.1, -0.05) is 0 Å². The number of hydrogen-bond donors (Lipinski definition) is 2. The molecule has 2 heterocycles. The molecule has 2 atom stereocenters. The smallest absolute Gasteiger partial charge is 0.226 e. The van der Waals surface area contributed by atoms with Crippen LogP contribution in [0.25, 0.3) is 0 Å². The summed E-state index contributed by atoms with van der Waals surface area (Å²) in [4.78, 5) is 12.0. The zero-order chi connectivity index (χ0) is 15.9. The maximum Gasteiger partial charge on any atom is 0.226 e. The quantitative estimate of drug-likeness (QED) is 0.815. The number of morpholine rings is 1. The Bertz CT molecular complexity index is 500. The van der Waals surface area contributed by atoms with E-state index in [4.69, 9.17) is 14.2 Å². The largest absolute Gasteiger partial charge is 0.491 e. The Morgan fingerprint density at radius 2 is 2.12 bits per heavy atom. The maximum atomic E-state index is 12.0. The standard InChI is InChI=1S/C17H24N2O4.ClH/c20-17(10-14-11-21-9-7-18-14)19-13-3-5-15(6-4-13)23-12-16-2-1-8-22-16;/h3-6,14,16,18H,1-2,7-12H2,(H,19,20);1H. The summed E-state index contributed by atoms with van der Waals surface area (Å²) in [5, 5.41) is 6.17. The van der Waals surface area contributed by atoms with Crippen LogP contribution in [0.3, 0.4) is 0 Å². The van der Waals surface area contributed by atoms with Gasteiger partial charge in [0.25, 0.3) is 0 Å². The highest BCUT2D eigenvalue weighted by atomic mass is 35.5. The molecule has 1 aromatic rings. The maximum absolute atomic E-state index is 12.0. The summed E-state index contributed by atoms with van der Waals surface area (Å²) in [5.74, 6) is 0.780. The first-order valence-electron chi connectivity index (χ1n) is 8.25. The second kappa shape index (κ2) is 9.84. The third-order valence-electron chi connectivity index (χ3n) is 4.03. The topological polar surface area (TPSA) is 68.8 Å². The van der Waals surface area contributed by atoms with Crippen molar-refractivity contribution < 1.29 is 19.0 Å². The number of halogens is 1. The molecule has 2 fully saturated rings. The molecule has 3 rings (SSSR count). The summed E-state index contributed by atoms with van der Waals surface area (Å²) in [6.45, 7) is 3.52. The van der Waals surface area contributed by atoms with E-state index in [1.165, 1.54) is 0 Å². The highest BCUT2D eigenvalue weighted by Crippen LogP contribution is 2.18. The second-order valence-corrected chi connectivity index (χ2v) is 5.95. The van der Waals surface area contributed by atoms with Gasteiger partial charge in [0.05, 0.1) is 19.3 Å². The van der Waals surface area contributed by atoms with Crippen molar-refractivity contribution in [1.29, 1.82) is 0 Å². The summed E-state index contributed by atoms with van der Waals surface area (Å²) >= 11 is 0. The molecule has 2 unspecified atom stereocenters. The van der Waals surface area contributed by atoms with Crippen LogP contribution in [0.2, 0.25) is 0 Å². The summed E-state index contributed by atoms with van der Waals surface area (Å²) in [6, 6.07) is 7.54. The first-order valence-corrected chi connectivity index (χ1v) is 8.25. The van der Waals surface area contributed by atoms with E-state index in [1.54, 1.807) is 0 Å². The first kappa shape index (κ1) is 19.0. The van der Waals surface area contributed by atoms with Crippen molar-refractivity contribution in [3.63, 3.8) is 0 Å². The van der Waals surface area contributed by atoms with E-state index in [2.05, 4.69) is 10.6 Å². The molecule has 2 saturated heterocycles. The molecule has 0 radical (unpaired) electrons. The van der Waals surface area contributed by atoms with Gasteiger partial charge < -0.3 is 24.8 Å². The number of benzene rings is 1. The number of ether oxygens (including phenoxy) is 3. The average Bonchev–Trinajstić information content (AvgIpc) is 3.08. The van der Waals surface area contributed by atoms with Gasteiger partial charge in [-0.05, 0) is 37.1 Å². The Morgan fingerprint density at radius 1 is 1.29 bits per heavy atom. The van der Waals surface area contributed by atoms with Gasteiger partial charge in [0.1, 0.15) is 12.4 Å². The molecule has 1 aromatic carbocycles. The molecule has 6 nitrogen and oxygen atoms in total. The van der Waals surface area contributed by atoms with Crippen molar-refractivity contribution in [1.82, 2.24) is 5.32 Å². The molecule has 2 aliphatic heterocycles. The Kier molecular flexibility index (Phi) is 7.78. The van der Waals surface area contributed by atoms with Gasteiger partial charge in [0.2, 0.25) is 5.91 Å². The van der Waals surface area contributed by atoms with Crippen molar-refractivity contribution in [3.05, 3.63) is 24.3 Å². The fraction of sp³-hybridized carbons (Fsp3) is 0.588. The van der Waals surface area contributed by atoms with Crippen LogP contribution in [-0.4, -0.2) is 51.0 Å². The molecule has 0 aliphatic carbocycles. The molecule has 2 N–H and O–H groups in total. The van der Waals surface area contributed by atoms with Gasteiger partial charge in [-0.3, -0.25) is 4.79 Å². The first-order chi connectivity index (χ1) is 11.3. The molecule has 0 bridgehead atoms. The lowest BCUT2D eigenvalue weighted by Crippen LogP contribution is -2.43. The molecule has 0 aromatic heterocycles. The second-order valence-electron chi connectivity index (χ2n) is 5.95. The van der Waals surface area contributed by atoms with Crippen LogP contribution in [0.4, 0.5) is 5.69 Å². The normalized spacial score (nSPS) is 23.3. The minimum Gasteiger partial charge on any atom is -0.491 e. The Labute approximate surface area is 148 Å². The van der Waals surface area contributed by atoms with Crippen LogP contribution in [0.1, 0.15) is 19.3 Å². The van der Waals surface area contributed by atoms with E-state index in [9.17, 15) is 4.79 Å². The molecule has 0 spiro atoms. The van der Waals surface area contributed by atoms with E-state index < -0.39 is 0 Å². The van der Waals surface area contributed by atoms with Crippen LogP contribution < -0.4 is 15.4 Å². The van der Waals surface area contributed by atoms with E-state index in [1.807, 2.05) is 24.3 Å². The van der Waals surface area contributed by atoms with Gasteiger partial charge in [-0.15, -0.1) is 12.4 Å². The predicted octanol–water partition coefficient (Wildman–Crippen LogP) is 1.98. The van der Waals surface area contributed by atoms with Gasteiger partial charge in [0, 0.05) is 31.3 Å². The van der Waals surface area contributed by atoms with Crippen LogP contribution in [0.15, 0.2) is 24.3 Å². The van der Waals surface area contributed by atoms with Crippen LogP contribution in [0.5, 0.6) is 5.75 Å². The van der Waals surface area contributed by atoms with Gasteiger partial charge in [-0.25, -0.2) is 0 Å². The molecular formula is C17H25ClN2O4. The van der Waals surface area contributed by atoms with Crippen LogP contribution in [0, 0.1) is 0 Å². The van der Waals surface area contributed by atoms with Gasteiger partial charge in [-0.2, -0.15) is 0 Å². The highest BCUT2D eigenvalue weighted by molar-refractivity contribution is 5.91. The van der Waals surface area contributed by atoms with Crippen molar-refractivity contribution in [2.45, 2.75) is 31.4 Å². The zero-order valence-corrected chi connectivity index (χ0v) is 14.5. The number of hydrogen-bond acceptors (Lipinski definition) is 5. The van der Waals surface area contributed by atoms with E-state index in [0.717, 1.165) is 37.4 Å². The van der Waals surface area contributed by atoms with Crippen LogP contribution in [-0.2, 0) is 14.3 Å². The summed E-state index contributed by atoms with van der Waals surface area (Å²) in [6.07, 6.45) is 2.80. The minimum atomic E-state index is -0.0129. The molecule has 1 amide bonds. The number of rotatable bonds is 6. The third-order valence-corrected chi connectivity index (χ3v) is 4.03. The SMILES string of the molecule is Cl.O=C(CC1COCCN1)Nc1ccc(OCC2CCCO2)cc1. The Morgan fingerprint density at radius 3 is 2.79 bits per heavy atom. The summed E-state index contributed by atoms with van der Waals surface area (Å²) in [5.41, 5.74) is 0.774. The summed E-state index contributed by atoms with van der Waals surface area (Å²) in [7, 11) is 0. The predicted molar refractivity (Wildman–Crippen MR) is 94.0 cm³/mol. The fourth-order valence-corrected chi connectivity index (χ4v) is 2.79. The van der Waals surface area contributed by atoms with Crippen molar-refractivity contribution in [2.24, 2.45) is 0 Å². The average molecular weight is 357 g/mol. The lowest BCUT2D eigenvalue weighted by atomic mass is 10.2. The zero-order valence-electron chi connectivity index (χ0n) is 13.7. The van der Waals surface area contributed by atoms with Crippen LogP contribution >= 0.6 is 12.4 Å². The van der Waals surface area contributed by atoms with Crippen molar-refractivity contribution >= 4 is 24.0 Å². The highest BCUT2D eigenvalue weighted by Gasteiger charge is 2.17. The Balaban J connectivity index is 0.00000208.